The maximum atomic E-state index is 5.17. The number of aromatic nitrogens is 2. The fourth-order valence-electron chi connectivity index (χ4n) is 2.15. The molecule has 1 heterocycles. The zero-order valence-electron chi connectivity index (χ0n) is 12.7. The maximum absolute atomic E-state index is 5.17. The lowest BCUT2D eigenvalue weighted by Gasteiger charge is -2.21. The normalized spacial score (nSPS) is 11.2. The highest BCUT2D eigenvalue weighted by Crippen LogP contribution is 2.11. The quantitative estimate of drug-likeness (QED) is 0.707. The molecule has 114 valence electrons. The van der Waals surface area contributed by atoms with Crippen molar-refractivity contribution in [1.82, 2.24) is 14.5 Å². The van der Waals surface area contributed by atoms with Crippen LogP contribution in [0.2, 0.25) is 0 Å². The molecule has 0 aliphatic rings. The standard InChI is InChI=1S/C16H23N3O2/c1-20-11-9-18(10-12-21-2)13-15-3-5-16(6-4-15)19-8-7-17-14-19/h3-8,14H,9-13H2,1-2H3. The molecule has 2 aromatic rings. The summed E-state index contributed by atoms with van der Waals surface area (Å²) in [5, 5.41) is 0. The second-order valence-electron chi connectivity index (χ2n) is 4.90. The van der Waals surface area contributed by atoms with Gasteiger partial charge in [0, 0.05) is 51.9 Å². The maximum Gasteiger partial charge on any atom is 0.0991 e. The largest absolute Gasteiger partial charge is 0.383 e. The van der Waals surface area contributed by atoms with Gasteiger partial charge in [0.15, 0.2) is 0 Å². The van der Waals surface area contributed by atoms with E-state index in [0.717, 1.165) is 38.5 Å². The summed E-state index contributed by atoms with van der Waals surface area (Å²) in [5.74, 6) is 0. The van der Waals surface area contributed by atoms with Crippen molar-refractivity contribution in [3.8, 4) is 5.69 Å². The van der Waals surface area contributed by atoms with E-state index in [9.17, 15) is 0 Å². The molecule has 5 heteroatoms. The molecule has 0 radical (unpaired) electrons. The van der Waals surface area contributed by atoms with E-state index in [1.807, 2.05) is 10.8 Å². The second kappa shape index (κ2) is 8.56. The summed E-state index contributed by atoms with van der Waals surface area (Å²) in [6, 6.07) is 8.54. The topological polar surface area (TPSA) is 39.5 Å². The predicted octanol–water partition coefficient (Wildman–Crippen LogP) is 1.97. The van der Waals surface area contributed by atoms with Gasteiger partial charge in [0.05, 0.1) is 19.5 Å². The summed E-state index contributed by atoms with van der Waals surface area (Å²) in [5.41, 5.74) is 2.41. The third-order valence-electron chi connectivity index (χ3n) is 3.37. The molecule has 0 amide bonds. The molecule has 1 aromatic heterocycles. The number of benzene rings is 1. The van der Waals surface area contributed by atoms with Crippen molar-refractivity contribution < 1.29 is 9.47 Å². The number of nitrogens with zero attached hydrogens (tertiary/aromatic N) is 3. The van der Waals surface area contributed by atoms with E-state index in [2.05, 4.69) is 34.1 Å². The van der Waals surface area contributed by atoms with Gasteiger partial charge >= 0.3 is 0 Å². The van der Waals surface area contributed by atoms with Crippen molar-refractivity contribution in [2.75, 3.05) is 40.5 Å². The van der Waals surface area contributed by atoms with Gasteiger partial charge in [0.2, 0.25) is 0 Å². The van der Waals surface area contributed by atoms with E-state index in [1.54, 1.807) is 26.7 Å². The number of hydrogen-bond acceptors (Lipinski definition) is 4. The highest BCUT2D eigenvalue weighted by Gasteiger charge is 2.06. The van der Waals surface area contributed by atoms with Crippen LogP contribution in [0.1, 0.15) is 5.56 Å². The molecule has 2 rings (SSSR count). The molecular formula is C16H23N3O2. The Labute approximate surface area is 126 Å². The molecule has 0 unspecified atom stereocenters. The Morgan fingerprint density at radius 1 is 1.05 bits per heavy atom. The highest BCUT2D eigenvalue weighted by atomic mass is 16.5. The Bertz CT molecular complexity index is 489. The summed E-state index contributed by atoms with van der Waals surface area (Å²) in [4.78, 5) is 6.40. The number of ether oxygens (including phenoxy) is 2. The summed E-state index contributed by atoms with van der Waals surface area (Å²) in [6.07, 6.45) is 5.53. The highest BCUT2D eigenvalue weighted by molar-refractivity contribution is 5.34. The van der Waals surface area contributed by atoms with Gasteiger partial charge in [-0.1, -0.05) is 12.1 Å². The molecule has 0 fully saturated rings. The van der Waals surface area contributed by atoms with Gasteiger partial charge in [-0.05, 0) is 17.7 Å². The van der Waals surface area contributed by atoms with Gasteiger partial charge in [-0.15, -0.1) is 0 Å². The van der Waals surface area contributed by atoms with Crippen molar-refractivity contribution >= 4 is 0 Å². The molecule has 0 saturated heterocycles. The van der Waals surface area contributed by atoms with E-state index >= 15 is 0 Å². The number of imidazole rings is 1. The molecule has 0 atom stereocenters. The average molecular weight is 289 g/mol. The van der Waals surface area contributed by atoms with Crippen LogP contribution >= 0.6 is 0 Å². The van der Waals surface area contributed by atoms with Gasteiger partial charge in [-0.3, -0.25) is 4.90 Å². The van der Waals surface area contributed by atoms with Gasteiger partial charge in [-0.2, -0.15) is 0 Å². The molecule has 0 aliphatic heterocycles. The fourth-order valence-corrected chi connectivity index (χ4v) is 2.15. The first-order valence-electron chi connectivity index (χ1n) is 7.11. The molecule has 0 N–H and O–H groups in total. The van der Waals surface area contributed by atoms with E-state index in [4.69, 9.17) is 9.47 Å². The van der Waals surface area contributed by atoms with Crippen LogP contribution in [-0.2, 0) is 16.0 Å². The number of methoxy groups -OCH3 is 2. The van der Waals surface area contributed by atoms with Gasteiger partial charge in [0.1, 0.15) is 0 Å². The van der Waals surface area contributed by atoms with E-state index in [1.165, 1.54) is 5.56 Å². The van der Waals surface area contributed by atoms with Crippen LogP contribution in [0.3, 0.4) is 0 Å². The fraction of sp³-hybridized carbons (Fsp3) is 0.438. The van der Waals surface area contributed by atoms with Crippen molar-refractivity contribution in [1.29, 1.82) is 0 Å². The first-order chi connectivity index (χ1) is 10.3. The third kappa shape index (κ3) is 4.97. The van der Waals surface area contributed by atoms with Crippen LogP contribution < -0.4 is 0 Å². The zero-order chi connectivity index (χ0) is 14.9. The summed E-state index contributed by atoms with van der Waals surface area (Å²) in [7, 11) is 3.46. The molecule has 0 spiro atoms. The first kappa shape index (κ1) is 15.7. The van der Waals surface area contributed by atoms with E-state index in [-0.39, 0.29) is 0 Å². The molecule has 0 aliphatic carbocycles. The molecular weight excluding hydrogens is 266 g/mol. The molecule has 5 nitrogen and oxygen atoms in total. The molecule has 0 saturated carbocycles. The predicted molar refractivity (Wildman–Crippen MR) is 82.6 cm³/mol. The van der Waals surface area contributed by atoms with Crippen LogP contribution in [0, 0.1) is 0 Å². The minimum Gasteiger partial charge on any atom is -0.383 e. The SMILES string of the molecule is COCCN(CCOC)Cc1ccc(-n2ccnc2)cc1. The second-order valence-corrected chi connectivity index (χ2v) is 4.90. The Balaban J connectivity index is 1.96. The van der Waals surface area contributed by atoms with E-state index in [0.29, 0.717) is 0 Å². The van der Waals surface area contributed by atoms with Gasteiger partial charge in [0.25, 0.3) is 0 Å². The molecule has 1 aromatic carbocycles. The minimum atomic E-state index is 0.733. The Morgan fingerprint density at radius 3 is 2.24 bits per heavy atom. The minimum absolute atomic E-state index is 0.733. The van der Waals surface area contributed by atoms with Crippen molar-refractivity contribution in [2.45, 2.75) is 6.54 Å². The van der Waals surface area contributed by atoms with Crippen LogP contribution in [0.15, 0.2) is 43.0 Å². The summed E-state index contributed by atoms with van der Waals surface area (Å²) in [6.45, 7) is 4.18. The van der Waals surface area contributed by atoms with Crippen LogP contribution in [0.25, 0.3) is 5.69 Å². The van der Waals surface area contributed by atoms with E-state index < -0.39 is 0 Å². The lowest BCUT2D eigenvalue weighted by molar-refractivity contribution is 0.110. The van der Waals surface area contributed by atoms with Crippen molar-refractivity contribution in [3.63, 3.8) is 0 Å². The monoisotopic (exact) mass is 289 g/mol. The lowest BCUT2D eigenvalue weighted by Crippen LogP contribution is -2.30. The van der Waals surface area contributed by atoms with Crippen LogP contribution in [0.5, 0.6) is 0 Å². The van der Waals surface area contributed by atoms with Crippen molar-refractivity contribution in [3.05, 3.63) is 48.5 Å². The summed E-state index contributed by atoms with van der Waals surface area (Å²) >= 11 is 0. The van der Waals surface area contributed by atoms with Gasteiger partial charge in [-0.25, -0.2) is 4.98 Å². The van der Waals surface area contributed by atoms with Crippen LogP contribution in [0.4, 0.5) is 0 Å². The lowest BCUT2D eigenvalue weighted by atomic mass is 10.2. The smallest absolute Gasteiger partial charge is 0.0991 e. The number of rotatable bonds is 9. The van der Waals surface area contributed by atoms with Crippen molar-refractivity contribution in [2.24, 2.45) is 0 Å². The number of hydrogen-bond donors (Lipinski definition) is 0. The third-order valence-corrected chi connectivity index (χ3v) is 3.37. The zero-order valence-corrected chi connectivity index (χ0v) is 12.7. The molecule has 21 heavy (non-hydrogen) atoms. The Kier molecular flexibility index (Phi) is 6.40. The van der Waals surface area contributed by atoms with Crippen LogP contribution in [-0.4, -0.2) is 55.0 Å². The molecule has 0 bridgehead atoms. The van der Waals surface area contributed by atoms with Gasteiger partial charge < -0.3 is 14.0 Å². The Morgan fingerprint density at radius 2 is 1.71 bits per heavy atom. The average Bonchev–Trinajstić information content (AvgIpc) is 3.05. The summed E-state index contributed by atoms with van der Waals surface area (Å²) < 4.78 is 12.3. The Hall–Kier alpha value is -1.69. The first-order valence-corrected chi connectivity index (χ1v) is 7.11.